The van der Waals surface area contributed by atoms with Crippen molar-refractivity contribution in [2.45, 2.75) is 13.3 Å². The molecule has 4 nitrogen and oxygen atoms in total. The molecule has 2 aromatic rings. The van der Waals surface area contributed by atoms with Gasteiger partial charge in [-0.1, -0.05) is 6.07 Å². The zero-order chi connectivity index (χ0) is 10.7. The van der Waals surface area contributed by atoms with Crippen molar-refractivity contribution in [2.75, 3.05) is 6.61 Å². The highest BCUT2D eigenvalue weighted by Gasteiger charge is 2.05. The molecule has 0 unspecified atom stereocenters. The molecule has 78 valence electrons. The smallest absolute Gasteiger partial charge is 0.310 e. The number of aromatic nitrogens is 1. The van der Waals surface area contributed by atoms with Crippen LogP contribution in [0.5, 0.6) is 0 Å². The molecule has 15 heavy (non-hydrogen) atoms. The lowest BCUT2D eigenvalue weighted by Crippen LogP contribution is -2.07. The van der Waals surface area contributed by atoms with Crippen LogP contribution in [0.4, 0.5) is 0 Å². The Kier molecular flexibility index (Phi) is 2.67. The van der Waals surface area contributed by atoms with Crippen molar-refractivity contribution >= 4 is 17.1 Å². The van der Waals surface area contributed by atoms with Crippen molar-refractivity contribution in [3.63, 3.8) is 0 Å². The van der Waals surface area contributed by atoms with Crippen molar-refractivity contribution in [1.82, 2.24) is 4.98 Å². The molecule has 0 saturated carbocycles. The molecule has 0 atom stereocenters. The van der Waals surface area contributed by atoms with Crippen molar-refractivity contribution < 1.29 is 13.9 Å². The molecule has 1 aromatic carbocycles. The van der Waals surface area contributed by atoms with Gasteiger partial charge < -0.3 is 9.15 Å². The SMILES string of the molecule is CCOC(=O)Cc1ccc2ocnc2c1. The zero-order valence-electron chi connectivity index (χ0n) is 8.40. The normalized spacial score (nSPS) is 10.5. The Labute approximate surface area is 86.9 Å². The summed E-state index contributed by atoms with van der Waals surface area (Å²) in [4.78, 5) is 15.2. The van der Waals surface area contributed by atoms with Gasteiger partial charge in [0.25, 0.3) is 0 Å². The summed E-state index contributed by atoms with van der Waals surface area (Å²) in [5.41, 5.74) is 2.37. The number of carbonyl (C=O) groups is 1. The van der Waals surface area contributed by atoms with E-state index in [4.69, 9.17) is 9.15 Å². The Hall–Kier alpha value is -1.84. The van der Waals surface area contributed by atoms with E-state index in [9.17, 15) is 4.79 Å². The lowest BCUT2D eigenvalue weighted by molar-refractivity contribution is -0.142. The quantitative estimate of drug-likeness (QED) is 0.718. The summed E-state index contributed by atoms with van der Waals surface area (Å²) in [7, 11) is 0. The number of rotatable bonds is 3. The second-order valence-corrected chi connectivity index (χ2v) is 3.14. The number of hydrogen-bond donors (Lipinski definition) is 0. The van der Waals surface area contributed by atoms with Crippen LogP contribution < -0.4 is 0 Å². The fraction of sp³-hybridized carbons (Fsp3) is 0.273. The number of esters is 1. The third kappa shape index (κ3) is 2.15. The van der Waals surface area contributed by atoms with Crippen LogP contribution in [0.15, 0.2) is 29.0 Å². The van der Waals surface area contributed by atoms with Gasteiger partial charge in [-0.15, -0.1) is 0 Å². The van der Waals surface area contributed by atoms with E-state index in [-0.39, 0.29) is 12.4 Å². The first-order valence-electron chi connectivity index (χ1n) is 4.77. The molecule has 0 saturated heterocycles. The van der Waals surface area contributed by atoms with Crippen LogP contribution in [0.1, 0.15) is 12.5 Å². The third-order valence-electron chi connectivity index (χ3n) is 2.05. The van der Waals surface area contributed by atoms with Crippen molar-refractivity contribution in [3.05, 3.63) is 30.2 Å². The van der Waals surface area contributed by atoms with E-state index in [1.54, 1.807) is 13.0 Å². The van der Waals surface area contributed by atoms with Crippen molar-refractivity contribution in [3.8, 4) is 0 Å². The number of benzene rings is 1. The molecule has 0 spiro atoms. The average Bonchev–Trinajstić information content (AvgIpc) is 2.65. The summed E-state index contributed by atoms with van der Waals surface area (Å²) in [5, 5.41) is 0. The van der Waals surface area contributed by atoms with Gasteiger partial charge in [0.05, 0.1) is 13.0 Å². The lowest BCUT2D eigenvalue weighted by atomic mass is 10.1. The summed E-state index contributed by atoms with van der Waals surface area (Å²) >= 11 is 0. The largest absolute Gasteiger partial charge is 0.466 e. The number of nitrogens with zero attached hydrogens (tertiary/aromatic N) is 1. The van der Waals surface area contributed by atoms with Gasteiger partial charge in [0.2, 0.25) is 0 Å². The van der Waals surface area contributed by atoms with Gasteiger partial charge in [0.1, 0.15) is 5.52 Å². The van der Waals surface area contributed by atoms with Gasteiger partial charge in [-0.05, 0) is 24.6 Å². The zero-order valence-corrected chi connectivity index (χ0v) is 8.40. The second kappa shape index (κ2) is 4.13. The molecular weight excluding hydrogens is 194 g/mol. The standard InChI is InChI=1S/C11H11NO3/c1-2-14-11(13)6-8-3-4-10-9(5-8)12-7-15-10/h3-5,7H,2,6H2,1H3. The van der Waals surface area contributed by atoms with E-state index >= 15 is 0 Å². The van der Waals surface area contributed by atoms with E-state index in [1.165, 1.54) is 6.39 Å². The van der Waals surface area contributed by atoms with Crippen LogP contribution in [0, 0.1) is 0 Å². The monoisotopic (exact) mass is 205 g/mol. The second-order valence-electron chi connectivity index (χ2n) is 3.14. The van der Waals surface area contributed by atoms with Crippen LogP contribution in [0.3, 0.4) is 0 Å². The molecule has 0 aliphatic heterocycles. The molecule has 1 heterocycles. The molecule has 1 aromatic heterocycles. The average molecular weight is 205 g/mol. The van der Waals surface area contributed by atoms with Gasteiger partial charge in [0.15, 0.2) is 12.0 Å². The number of fused-ring (bicyclic) bond motifs is 1. The van der Waals surface area contributed by atoms with Crippen LogP contribution in [0.25, 0.3) is 11.1 Å². The lowest BCUT2D eigenvalue weighted by Gasteiger charge is -2.01. The number of hydrogen-bond acceptors (Lipinski definition) is 4. The minimum Gasteiger partial charge on any atom is -0.466 e. The van der Waals surface area contributed by atoms with Crippen molar-refractivity contribution in [1.29, 1.82) is 0 Å². The number of oxazole rings is 1. The summed E-state index contributed by atoms with van der Waals surface area (Å²) in [6, 6.07) is 5.47. The summed E-state index contributed by atoms with van der Waals surface area (Å²) < 4.78 is 9.95. The van der Waals surface area contributed by atoms with E-state index in [0.717, 1.165) is 16.7 Å². The molecule has 0 radical (unpaired) electrons. The highest BCUT2D eigenvalue weighted by Crippen LogP contribution is 2.14. The number of carbonyl (C=O) groups excluding carboxylic acids is 1. The van der Waals surface area contributed by atoms with E-state index in [2.05, 4.69) is 4.98 Å². The molecule has 0 N–H and O–H groups in total. The highest BCUT2D eigenvalue weighted by molar-refractivity contribution is 5.77. The van der Waals surface area contributed by atoms with Gasteiger partial charge >= 0.3 is 5.97 Å². The third-order valence-corrected chi connectivity index (χ3v) is 2.05. The van der Waals surface area contributed by atoms with Gasteiger partial charge in [-0.3, -0.25) is 4.79 Å². The van der Waals surface area contributed by atoms with Gasteiger partial charge in [-0.2, -0.15) is 0 Å². The van der Waals surface area contributed by atoms with Gasteiger partial charge in [-0.25, -0.2) is 4.98 Å². The Morgan fingerprint density at radius 3 is 3.20 bits per heavy atom. The predicted octanol–water partition coefficient (Wildman–Crippen LogP) is 1.93. The maximum absolute atomic E-state index is 11.2. The summed E-state index contributed by atoms with van der Waals surface area (Å²) in [6.45, 7) is 2.20. The molecule has 0 fully saturated rings. The van der Waals surface area contributed by atoms with Crippen LogP contribution >= 0.6 is 0 Å². The fourth-order valence-corrected chi connectivity index (χ4v) is 1.39. The predicted molar refractivity (Wildman–Crippen MR) is 54.3 cm³/mol. The van der Waals surface area contributed by atoms with Crippen LogP contribution in [0.2, 0.25) is 0 Å². The van der Waals surface area contributed by atoms with E-state index in [0.29, 0.717) is 6.61 Å². The molecule has 0 aliphatic rings. The van der Waals surface area contributed by atoms with Crippen LogP contribution in [-0.2, 0) is 16.0 Å². The summed E-state index contributed by atoms with van der Waals surface area (Å²) in [5.74, 6) is -0.222. The maximum atomic E-state index is 11.2. The Morgan fingerprint density at radius 1 is 1.53 bits per heavy atom. The minimum absolute atomic E-state index is 0.222. The molecule has 0 bridgehead atoms. The summed E-state index contributed by atoms with van der Waals surface area (Å²) in [6.07, 6.45) is 1.66. The Bertz CT molecular complexity index is 475. The minimum atomic E-state index is -0.222. The fourth-order valence-electron chi connectivity index (χ4n) is 1.39. The first-order valence-corrected chi connectivity index (χ1v) is 4.77. The molecule has 0 aliphatic carbocycles. The van der Waals surface area contributed by atoms with E-state index < -0.39 is 0 Å². The first-order chi connectivity index (χ1) is 7.29. The number of ether oxygens (including phenoxy) is 1. The van der Waals surface area contributed by atoms with Gasteiger partial charge in [0, 0.05) is 0 Å². The molecule has 2 rings (SSSR count). The molecular formula is C11H11NO3. The Morgan fingerprint density at radius 2 is 2.40 bits per heavy atom. The van der Waals surface area contributed by atoms with Crippen LogP contribution in [-0.4, -0.2) is 17.6 Å². The topological polar surface area (TPSA) is 52.3 Å². The maximum Gasteiger partial charge on any atom is 0.310 e. The highest BCUT2D eigenvalue weighted by atomic mass is 16.5. The Balaban J connectivity index is 2.17. The molecule has 4 heteroatoms. The van der Waals surface area contributed by atoms with Crippen molar-refractivity contribution in [2.24, 2.45) is 0 Å². The van der Waals surface area contributed by atoms with E-state index in [1.807, 2.05) is 12.1 Å². The molecule has 0 amide bonds. The first kappa shape index (κ1) is 9.71.